The Hall–Kier alpha value is -0.600. The van der Waals surface area contributed by atoms with Crippen molar-refractivity contribution in [2.45, 2.75) is 71.5 Å². The molecule has 0 amide bonds. The Bertz CT molecular complexity index is 496. The van der Waals surface area contributed by atoms with Crippen molar-refractivity contribution in [2.24, 2.45) is 28.6 Å². The van der Waals surface area contributed by atoms with E-state index in [1.807, 2.05) is 0 Å². The summed E-state index contributed by atoms with van der Waals surface area (Å²) in [4.78, 5) is 0. The summed E-state index contributed by atoms with van der Waals surface area (Å²) in [6.07, 6.45) is 5.06. The molecule has 3 fully saturated rings. The lowest BCUT2D eigenvalue weighted by molar-refractivity contribution is -0.102. The molecule has 0 saturated heterocycles. The van der Waals surface area contributed by atoms with Crippen LogP contribution in [0.4, 0.5) is 0 Å². The molecule has 0 aromatic carbocycles. The van der Waals surface area contributed by atoms with Crippen LogP contribution in [0.1, 0.15) is 59.3 Å². The largest absolute Gasteiger partial charge is 0.390 e. The molecule has 0 heterocycles. The molecule has 0 radical (unpaired) electrons. The summed E-state index contributed by atoms with van der Waals surface area (Å²) in [6.45, 7) is 15.3. The second-order valence-corrected chi connectivity index (χ2v) is 8.93. The van der Waals surface area contributed by atoms with E-state index in [9.17, 15) is 10.2 Å². The van der Waals surface area contributed by atoms with Crippen LogP contribution in [0.25, 0.3) is 0 Å². The molecule has 2 N–H and O–H groups in total. The number of aliphatic hydroxyl groups is 2. The first-order valence-corrected chi connectivity index (χ1v) is 8.88. The van der Waals surface area contributed by atoms with Crippen molar-refractivity contribution < 1.29 is 10.2 Å². The van der Waals surface area contributed by atoms with Gasteiger partial charge in [0.2, 0.25) is 0 Å². The van der Waals surface area contributed by atoms with Crippen LogP contribution in [0.3, 0.4) is 0 Å². The number of fused-ring (bicyclic) bond motifs is 2. The lowest BCUT2D eigenvalue weighted by atomic mass is 9.59. The fourth-order valence-corrected chi connectivity index (χ4v) is 6.02. The first-order valence-electron chi connectivity index (χ1n) is 8.88. The average molecular weight is 304 g/mol. The molecule has 3 aliphatic rings. The van der Waals surface area contributed by atoms with Gasteiger partial charge in [-0.15, -0.1) is 0 Å². The van der Waals surface area contributed by atoms with E-state index < -0.39 is 12.2 Å². The predicted molar refractivity (Wildman–Crippen MR) is 90.4 cm³/mol. The van der Waals surface area contributed by atoms with Crippen LogP contribution in [0.5, 0.6) is 0 Å². The molecule has 0 unspecified atom stereocenters. The molecule has 0 spiro atoms. The Morgan fingerprint density at radius 2 is 1.86 bits per heavy atom. The second kappa shape index (κ2) is 5.21. The highest BCUT2D eigenvalue weighted by atomic mass is 16.3. The third-order valence-electron chi connectivity index (χ3n) is 7.51. The molecule has 2 heteroatoms. The van der Waals surface area contributed by atoms with Gasteiger partial charge in [-0.05, 0) is 68.6 Å². The molecule has 3 aliphatic carbocycles. The monoisotopic (exact) mass is 304 g/mol. The zero-order chi connectivity index (χ0) is 16.3. The van der Waals surface area contributed by atoms with Crippen molar-refractivity contribution in [1.82, 2.24) is 0 Å². The van der Waals surface area contributed by atoms with Crippen molar-refractivity contribution in [1.29, 1.82) is 0 Å². The summed E-state index contributed by atoms with van der Waals surface area (Å²) in [5.41, 5.74) is 2.59. The van der Waals surface area contributed by atoms with Gasteiger partial charge in [-0.2, -0.15) is 0 Å². The van der Waals surface area contributed by atoms with Gasteiger partial charge in [0.25, 0.3) is 0 Å². The fourth-order valence-electron chi connectivity index (χ4n) is 6.02. The van der Waals surface area contributed by atoms with Crippen molar-refractivity contribution in [3.8, 4) is 0 Å². The fraction of sp³-hybridized carbons (Fsp3) is 0.800. The highest BCUT2D eigenvalue weighted by Crippen LogP contribution is 2.62. The van der Waals surface area contributed by atoms with Crippen molar-refractivity contribution in [3.63, 3.8) is 0 Å². The van der Waals surface area contributed by atoms with E-state index in [0.717, 1.165) is 24.8 Å². The lowest BCUT2D eigenvalue weighted by Crippen LogP contribution is -2.51. The third-order valence-corrected chi connectivity index (χ3v) is 7.51. The van der Waals surface area contributed by atoms with Crippen LogP contribution in [0.2, 0.25) is 0 Å². The van der Waals surface area contributed by atoms with E-state index in [4.69, 9.17) is 0 Å². The first-order chi connectivity index (χ1) is 10.2. The van der Waals surface area contributed by atoms with Gasteiger partial charge in [-0.3, -0.25) is 0 Å². The minimum Gasteiger partial charge on any atom is -0.390 e. The average Bonchev–Trinajstić information content (AvgIpc) is 2.71. The Morgan fingerprint density at radius 1 is 1.18 bits per heavy atom. The molecule has 124 valence electrons. The van der Waals surface area contributed by atoms with Crippen LogP contribution >= 0.6 is 0 Å². The van der Waals surface area contributed by atoms with E-state index >= 15 is 0 Å². The molecular formula is C20H32O2. The minimum absolute atomic E-state index is 0.221. The van der Waals surface area contributed by atoms with E-state index in [1.165, 1.54) is 18.4 Å². The standard InChI is InChI=1S/C20H32O2/c1-12(2)14-6-8-19(4)11-16-13(3)10-17(21)18(22)20(16,5)9-7-15(14)19/h14-18,21-22H,1,3,6-11H2,2,4-5H3/t14-,15-,16+,17+,18-,19+,20-/m0/s1. The predicted octanol–water partition coefficient (Wildman–Crippen LogP) is 4.08. The Balaban J connectivity index is 1.96. The van der Waals surface area contributed by atoms with Crippen molar-refractivity contribution in [3.05, 3.63) is 24.3 Å². The summed E-state index contributed by atoms with van der Waals surface area (Å²) in [6, 6.07) is 0. The topological polar surface area (TPSA) is 40.5 Å². The molecule has 7 atom stereocenters. The lowest BCUT2D eigenvalue weighted by Gasteiger charge is -2.49. The first kappa shape index (κ1) is 16.3. The summed E-state index contributed by atoms with van der Waals surface area (Å²) in [5.74, 6) is 1.64. The van der Waals surface area contributed by atoms with Crippen molar-refractivity contribution in [2.75, 3.05) is 0 Å². The number of aliphatic hydroxyl groups excluding tert-OH is 2. The highest BCUT2D eigenvalue weighted by molar-refractivity contribution is 5.20. The van der Waals surface area contributed by atoms with E-state index in [0.29, 0.717) is 29.6 Å². The van der Waals surface area contributed by atoms with Gasteiger partial charge in [0.15, 0.2) is 0 Å². The molecular weight excluding hydrogens is 272 g/mol. The number of rotatable bonds is 1. The maximum Gasteiger partial charge on any atom is 0.0861 e. The maximum absolute atomic E-state index is 10.7. The molecule has 22 heavy (non-hydrogen) atoms. The smallest absolute Gasteiger partial charge is 0.0861 e. The minimum atomic E-state index is -0.642. The van der Waals surface area contributed by atoms with Crippen molar-refractivity contribution >= 4 is 0 Å². The summed E-state index contributed by atoms with van der Waals surface area (Å²) >= 11 is 0. The van der Waals surface area contributed by atoms with Gasteiger partial charge in [0.1, 0.15) is 0 Å². The molecule has 0 aromatic rings. The molecule has 0 aromatic heterocycles. The Labute approximate surface area is 135 Å². The Kier molecular flexibility index (Phi) is 3.85. The van der Waals surface area contributed by atoms with Gasteiger partial charge in [-0.25, -0.2) is 0 Å². The zero-order valence-corrected chi connectivity index (χ0v) is 14.4. The SMILES string of the molecule is C=C1C[C@@H](O)[C@H](O)[C@@]2(C)CC[C@H]3[C@H](C(=C)C)CC[C@]3(C)C[C@H]12. The van der Waals surface area contributed by atoms with Gasteiger partial charge in [0.05, 0.1) is 12.2 Å². The van der Waals surface area contributed by atoms with E-state index in [-0.39, 0.29) is 5.41 Å². The van der Waals surface area contributed by atoms with Gasteiger partial charge in [-0.1, -0.05) is 38.2 Å². The van der Waals surface area contributed by atoms with E-state index in [1.54, 1.807) is 0 Å². The zero-order valence-electron chi connectivity index (χ0n) is 14.4. The number of hydrogen-bond acceptors (Lipinski definition) is 2. The molecule has 3 rings (SSSR count). The van der Waals surface area contributed by atoms with Gasteiger partial charge < -0.3 is 10.2 Å². The summed E-state index contributed by atoms with van der Waals surface area (Å²) in [5, 5.41) is 20.9. The summed E-state index contributed by atoms with van der Waals surface area (Å²) in [7, 11) is 0. The van der Waals surface area contributed by atoms with Crippen LogP contribution in [0, 0.1) is 28.6 Å². The van der Waals surface area contributed by atoms with E-state index in [2.05, 4.69) is 33.9 Å². The van der Waals surface area contributed by atoms with Crippen LogP contribution in [-0.4, -0.2) is 22.4 Å². The van der Waals surface area contributed by atoms with Gasteiger partial charge >= 0.3 is 0 Å². The maximum atomic E-state index is 10.7. The Morgan fingerprint density at radius 3 is 2.50 bits per heavy atom. The number of allylic oxidation sites excluding steroid dienone is 1. The normalized spacial score (nSPS) is 51.9. The van der Waals surface area contributed by atoms with Crippen LogP contribution in [-0.2, 0) is 0 Å². The van der Waals surface area contributed by atoms with Crippen LogP contribution < -0.4 is 0 Å². The molecule has 0 aliphatic heterocycles. The highest BCUT2D eigenvalue weighted by Gasteiger charge is 2.56. The molecule has 0 bridgehead atoms. The quantitative estimate of drug-likeness (QED) is 0.717. The van der Waals surface area contributed by atoms with Gasteiger partial charge in [0, 0.05) is 5.41 Å². The van der Waals surface area contributed by atoms with Crippen LogP contribution in [0.15, 0.2) is 24.3 Å². The number of hydrogen-bond donors (Lipinski definition) is 2. The third kappa shape index (κ3) is 2.22. The molecule has 3 saturated carbocycles. The summed E-state index contributed by atoms with van der Waals surface area (Å²) < 4.78 is 0. The second-order valence-electron chi connectivity index (χ2n) is 8.93. The molecule has 2 nitrogen and oxygen atoms in total.